The number of methoxy groups -OCH3 is 1. The number of nitrogens with two attached hydrogens (primary N) is 2. The summed E-state index contributed by atoms with van der Waals surface area (Å²) in [5.74, 6) is 4.23. The summed E-state index contributed by atoms with van der Waals surface area (Å²) in [5, 5.41) is 13.8. The van der Waals surface area contributed by atoms with Crippen LogP contribution in [0.15, 0.2) is 48.4 Å². The van der Waals surface area contributed by atoms with E-state index in [0.717, 1.165) is 40.9 Å². The van der Waals surface area contributed by atoms with Crippen LogP contribution in [0.1, 0.15) is 38.1 Å². The van der Waals surface area contributed by atoms with E-state index in [2.05, 4.69) is 25.8 Å². The van der Waals surface area contributed by atoms with Gasteiger partial charge in [0.15, 0.2) is 0 Å². The van der Waals surface area contributed by atoms with Crippen molar-refractivity contribution in [1.82, 2.24) is 30.8 Å². The Labute approximate surface area is 240 Å². The van der Waals surface area contributed by atoms with Crippen molar-refractivity contribution in [2.24, 2.45) is 11.6 Å². The van der Waals surface area contributed by atoms with Gasteiger partial charge < -0.3 is 26.1 Å². The van der Waals surface area contributed by atoms with Crippen LogP contribution in [-0.2, 0) is 30.5 Å². The molecule has 0 aliphatic heterocycles. The maximum Gasteiger partial charge on any atom is 0.416 e. The van der Waals surface area contributed by atoms with Crippen molar-refractivity contribution >= 4 is 23.2 Å². The Morgan fingerprint density at radius 1 is 1.17 bits per heavy atom. The first-order valence-corrected chi connectivity index (χ1v) is 13.0. The van der Waals surface area contributed by atoms with Gasteiger partial charge in [-0.15, -0.1) is 10.2 Å². The normalized spacial score (nSPS) is 12.5. The van der Waals surface area contributed by atoms with Gasteiger partial charge in [-0.1, -0.05) is 11.3 Å². The van der Waals surface area contributed by atoms with Crippen molar-refractivity contribution in [3.63, 3.8) is 0 Å². The number of carbonyl (C=O) groups excluding carboxylic acids is 2. The number of hydrogen-bond donors (Lipinski definition) is 4. The molecule has 0 saturated heterocycles. The zero-order valence-corrected chi connectivity index (χ0v) is 22.9. The molecule has 3 aromatic rings. The van der Waals surface area contributed by atoms with E-state index in [9.17, 15) is 31.5 Å². The third-order valence-electron chi connectivity index (χ3n) is 5.57. The summed E-state index contributed by atoms with van der Waals surface area (Å²) in [6, 6.07) is 5.72. The monoisotopic (exact) mass is 614 g/mol. The van der Waals surface area contributed by atoms with Gasteiger partial charge in [0.25, 0.3) is 11.8 Å². The molecule has 2 aromatic heterocycles. The Balaban J connectivity index is 1.43. The molecule has 0 aliphatic rings. The number of pyridine rings is 1. The van der Waals surface area contributed by atoms with Crippen LogP contribution in [0, 0.1) is 5.82 Å². The Bertz CT molecular complexity index is 1420. The van der Waals surface area contributed by atoms with Gasteiger partial charge in [0.2, 0.25) is 5.01 Å². The molecule has 0 fully saturated rings. The summed E-state index contributed by atoms with van der Waals surface area (Å²) in [7, 11) is 1.44. The molecule has 0 saturated carbocycles. The molecule has 226 valence electrons. The first kappa shape index (κ1) is 32.1. The zero-order chi connectivity index (χ0) is 30.9. The van der Waals surface area contributed by atoms with Gasteiger partial charge in [0.1, 0.15) is 28.4 Å². The Hall–Kier alpha value is -4.38. The smallest absolute Gasteiger partial charge is 0.416 e. The van der Waals surface area contributed by atoms with Crippen LogP contribution < -0.4 is 26.9 Å². The van der Waals surface area contributed by atoms with E-state index in [4.69, 9.17) is 16.3 Å². The van der Waals surface area contributed by atoms with E-state index in [1.807, 2.05) is 0 Å². The number of benzene rings is 1. The minimum Gasteiger partial charge on any atom is -0.497 e. The van der Waals surface area contributed by atoms with E-state index in [1.165, 1.54) is 25.3 Å². The van der Waals surface area contributed by atoms with Gasteiger partial charge in [-0.3, -0.25) is 14.6 Å². The van der Waals surface area contributed by atoms with Crippen LogP contribution in [-0.4, -0.2) is 51.8 Å². The van der Waals surface area contributed by atoms with Crippen LogP contribution in [0.5, 0.6) is 5.75 Å². The maximum atomic E-state index is 14.5. The fourth-order valence-corrected chi connectivity index (χ4v) is 4.20. The number of nitrogens with one attached hydrogen (secondary N) is 2. The van der Waals surface area contributed by atoms with Gasteiger partial charge in [-0.05, 0) is 36.8 Å². The molecular formula is C25H27F5N8O3S. The summed E-state index contributed by atoms with van der Waals surface area (Å²) in [6.07, 6.45) is -3.99. The van der Waals surface area contributed by atoms with Gasteiger partial charge >= 0.3 is 6.18 Å². The van der Waals surface area contributed by atoms with Crippen molar-refractivity contribution in [3.8, 4) is 5.75 Å². The van der Waals surface area contributed by atoms with Gasteiger partial charge in [-0.25, -0.2) is 14.6 Å². The second kappa shape index (κ2) is 14.5. The number of amides is 2. The minimum absolute atomic E-state index is 0.0196. The Morgan fingerprint density at radius 2 is 1.93 bits per heavy atom. The molecule has 0 spiro atoms. The highest BCUT2D eigenvalue weighted by Gasteiger charge is 2.30. The van der Waals surface area contributed by atoms with Crippen LogP contribution in [0.2, 0.25) is 0 Å². The Morgan fingerprint density at radius 3 is 2.64 bits per heavy atom. The van der Waals surface area contributed by atoms with Crippen molar-refractivity contribution in [2.45, 2.75) is 38.3 Å². The molecule has 3 rings (SSSR count). The lowest BCUT2D eigenvalue weighted by Gasteiger charge is -2.17. The van der Waals surface area contributed by atoms with Crippen molar-refractivity contribution in [1.29, 1.82) is 0 Å². The second-order valence-corrected chi connectivity index (χ2v) is 9.84. The third kappa shape index (κ3) is 9.62. The minimum atomic E-state index is -4.56. The quantitative estimate of drug-likeness (QED) is 0.0982. The number of hydrazine groups is 1. The largest absolute Gasteiger partial charge is 0.497 e. The number of nitrogens with zero attached hydrogens (tertiary/aromatic N) is 4. The predicted octanol–water partition coefficient (Wildman–Crippen LogP) is 2.59. The number of aryl methyl sites for hydroxylation is 1. The number of alkyl halides is 4. The topological polar surface area (TPSA) is 161 Å². The second-order valence-electron chi connectivity index (χ2n) is 8.77. The summed E-state index contributed by atoms with van der Waals surface area (Å²) in [4.78, 5) is 28.3. The van der Waals surface area contributed by atoms with Gasteiger partial charge in [-0.2, -0.15) is 13.2 Å². The van der Waals surface area contributed by atoms with Crippen molar-refractivity contribution in [3.05, 3.63) is 81.1 Å². The lowest BCUT2D eigenvalue weighted by Crippen LogP contribution is -2.36. The fraction of sp³-hybridized carbons (Fsp3) is 0.320. The number of hydrogen-bond acceptors (Lipinski definition) is 10. The summed E-state index contributed by atoms with van der Waals surface area (Å²) in [6.45, 7) is -0.777. The highest BCUT2D eigenvalue weighted by atomic mass is 32.1. The molecule has 1 atom stereocenters. The van der Waals surface area contributed by atoms with E-state index in [1.54, 1.807) is 0 Å². The van der Waals surface area contributed by atoms with Crippen LogP contribution in [0.4, 0.5) is 22.0 Å². The highest BCUT2D eigenvalue weighted by Crippen LogP contribution is 2.29. The molecule has 1 aromatic carbocycles. The molecule has 0 aliphatic carbocycles. The van der Waals surface area contributed by atoms with Crippen molar-refractivity contribution in [2.75, 3.05) is 13.7 Å². The molecule has 6 N–H and O–H groups in total. The van der Waals surface area contributed by atoms with E-state index < -0.39 is 41.2 Å². The number of rotatable bonds is 13. The van der Waals surface area contributed by atoms with Crippen LogP contribution in [0.3, 0.4) is 0 Å². The lowest BCUT2D eigenvalue weighted by molar-refractivity contribution is -0.137. The molecule has 11 nitrogen and oxygen atoms in total. The average molecular weight is 615 g/mol. The standard InChI is InChI=1S/C25H27F5N8O3S/c1-41-18-3-4-19(27)14(8-18)10-34-23(40)24-37-36-21(42-24)5-2-16(26)12-38(32)13-20(31)22(39)35-11-17-9-15(6-7-33-17)25(28,29)30/h3-4,6-9,13,16H,2,5,10-12,31-32H2,1H3,(H,34,40)(H,35,39)/b20-13-. The maximum absolute atomic E-state index is 14.5. The first-order chi connectivity index (χ1) is 19.8. The molecule has 1 unspecified atom stereocenters. The first-order valence-electron chi connectivity index (χ1n) is 12.2. The Kier molecular flexibility index (Phi) is 11.1. The molecule has 0 radical (unpaired) electrons. The van der Waals surface area contributed by atoms with Gasteiger partial charge in [0, 0.05) is 30.9 Å². The molecule has 0 bridgehead atoms. The number of halogens is 5. The van der Waals surface area contributed by atoms with Crippen LogP contribution >= 0.6 is 11.3 Å². The van der Waals surface area contributed by atoms with E-state index in [0.29, 0.717) is 10.8 Å². The lowest BCUT2D eigenvalue weighted by atomic mass is 10.2. The molecule has 17 heteroatoms. The predicted molar refractivity (Wildman–Crippen MR) is 141 cm³/mol. The zero-order valence-electron chi connectivity index (χ0n) is 22.1. The summed E-state index contributed by atoms with van der Waals surface area (Å²) < 4.78 is 71.9. The third-order valence-corrected chi connectivity index (χ3v) is 6.56. The number of aromatic nitrogens is 3. The molecular weight excluding hydrogens is 587 g/mol. The number of ether oxygens (including phenoxy) is 1. The summed E-state index contributed by atoms with van der Waals surface area (Å²) in [5.41, 5.74) is 4.53. The van der Waals surface area contributed by atoms with Gasteiger partial charge in [0.05, 0.1) is 31.5 Å². The van der Waals surface area contributed by atoms with Crippen LogP contribution in [0.25, 0.3) is 0 Å². The molecule has 42 heavy (non-hydrogen) atoms. The SMILES string of the molecule is COc1ccc(F)c(CNC(=O)c2nnc(CCC(F)CN(N)/C=C(\N)C(=O)NCc3cc(C(F)(F)F)ccn3)s2)c1. The molecule has 2 amide bonds. The molecule has 2 heterocycles. The summed E-state index contributed by atoms with van der Waals surface area (Å²) >= 11 is 0.953. The van der Waals surface area contributed by atoms with E-state index >= 15 is 0 Å². The van der Waals surface area contributed by atoms with Crippen molar-refractivity contribution < 1.29 is 36.3 Å². The fourth-order valence-electron chi connectivity index (χ4n) is 3.43. The number of carbonyl (C=O) groups is 2. The average Bonchev–Trinajstić information content (AvgIpc) is 3.43. The highest BCUT2D eigenvalue weighted by molar-refractivity contribution is 7.13. The van der Waals surface area contributed by atoms with E-state index in [-0.39, 0.29) is 48.7 Å².